The van der Waals surface area contributed by atoms with Gasteiger partial charge in [0.15, 0.2) is 5.11 Å². The Morgan fingerprint density at radius 1 is 0.919 bits per heavy atom. The molecule has 0 aromatic heterocycles. The van der Waals surface area contributed by atoms with Gasteiger partial charge in [-0.2, -0.15) is 0 Å². The third-order valence-corrected chi connectivity index (χ3v) is 6.24. The Hall–Kier alpha value is -4.20. The molecule has 6 nitrogen and oxygen atoms in total. The number of benzodiazepines with no additional fused rings is 1. The molecule has 37 heavy (non-hydrogen) atoms. The van der Waals surface area contributed by atoms with Crippen molar-refractivity contribution in [1.29, 1.82) is 0 Å². The van der Waals surface area contributed by atoms with E-state index in [-0.39, 0.29) is 11.0 Å². The number of hydrogen-bond acceptors (Lipinski definition) is 4. The lowest BCUT2D eigenvalue weighted by atomic mass is 10.0. The zero-order valence-electron chi connectivity index (χ0n) is 19.9. The number of hydrogen-bond donors (Lipinski definition) is 2. The molecule has 0 radical (unpaired) electrons. The predicted octanol–water partition coefficient (Wildman–Crippen LogP) is 6.26. The lowest BCUT2D eigenvalue weighted by molar-refractivity contribution is -0.119. The van der Waals surface area contributed by atoms with Gasteiger partial charge in [0.1, 0.15) is 11.5 Å². The number of para-hydroxylation sites is 1. The topological polar surface area (TPSA) is 66.0 Å². The van der Waals surface area contributed by atoms with E-state index in [1.54, 1.807) is 18.0 Å². The minimum atomic E-state index is -0.949. The highest BCUT2D eigenvalue weighted by Crippen LogP contribution is 2.30. The molecule has 1 aliphatic rings. The summed E-state index contributed by atoms with van der Waals surface area (Å²) in [7, 11) is 1.72. The number of benzene rings is 4. The van der Waals surface area contributed by atoms with Crippen molar-refractivity contribution in [2.45, 2.75) is 6.17 Å². The number of anilines is 2. The Labute approximate surface area is 225 Å². The van der Waals surface area contributed by atoms with Gasteiger partial charge in [-0.15, -0.1) is 0 Å². The van der Waals surface area contributed by atoms with Gasteiger partial charge < -0.3 is 20.3 Å². The number of nitrogens with zero attached hydrogens (tertiary/aromatic N) is 2. The van der Waals surface area contributed by atoms with E-state index in [1.807, 2.05) is 97.1 Å². The van der Waals surface area contributed by atoms with E-state index in [0.717, 1.165) is 16.9 Å². The molecule has 1 heterocycles. The van der Waals surface area contributed by atoms with E-state index in [2.05, 4.69) is 10.6 Å². The van der Waals surface area contributed by atoms with Crippen LogP contribution in [0.5, 0.6) is 11.5 Å². The number of likely N-dealkylation sites (N-methyl/N-ethyl adjacent to an activating group) is 1. The van der Waals surface area contributed by atoms with Crippen molar-refractivity contribution in [1.82, 2.24) is 5.32 Å². The molecule has 4 aromatic carbocycles. The van der Waals surface area contributed by atoms with Gasteiger partial charge in [0.2, 0.25) is 6.17 Å². The van der Waals surface area contributed by atoms with Crippen LogP contribution in [0.3, 0.4) is 0 Å². The monoisotopic (exact) mass is 526 g/mol. The fourth-order valence-electron chi connectivity index (χ4n) is 4.02. The normalized spacial score (nSPS) is 14.8. The summed E-state index contributed by atoms with van der Waals surface area (Å²) < 4.78 is 5.91. The first-order valence-electron chi connectivity index (χ1n) is 11.6. The second-order valence-corrected chi connectivity index (χ2v) is 9.19. The van der Waals surface area contributed by atoms with E-state index in [9.17, 15) is 4.79 Å². The molecule has 0 fully saturated rings. The SMILES string of the molecule is CN1C(=O)C(NC(=S)Nc2cccc(Oc3ccccc3)c2)N=C(c2ccccc2)c2cc(Cl)ccc21. The molecule has 0 bridgehead atoms. The molecule has 184 valence electrons. The number of halogens is 1. The minimum Gasteiger partial charge on any atom is -0.457 e. The van der Waals surface area contributed by atoms with Crippen molar-refractivity contribution in [2.75, 3.05) is 17.3 Å². The molecular formula is C29H23ClN4O2S. The summed E-state index contributed by atoms with van der Waals surface area (Å²) in [5.41, 5.74) is 3.71. The van der Waals surface area contributed by atoms with Gasteiger partial charge in [-0.1, -0.05) is 66.2 Å². The Morgan fingerprint density at radius 3 is 2.38 bits per heavy atom. The summed E-state index contributed by atoms with van der Waals surface area (Å²) in [5, 5.41) is 7.02. The van der Waals surface area contributed by atoms with Gasteiger partial charge in [0.05, 0.1) is 11.4 Å². The molecule has 4 aromatic rings. The van der Waals surface area contributed by atoms with Crippen LogP contribution >= 0.6 is 23.8 Å². The highest BCUT2D eigenvalue weighted by Gasteiger charge is 2.30. The first-order chi connectivity index (χ1) is 18.0. The molecule has 1 unspecified atom stereocenters. The lowest BCUT2D eigenvalue weighted by Crippen LogP contribution is -2.47. The van der Waals surface area contributed by atoms with Crippen LogP contribution in [0.4, 0.5) is 11.4 Å². The standard InChI is InChI=1S/C29H23ClN4O2S/c1-34-25-16-15-20(30)17-24(25)26(19-9-4-2-5-10-19)32-27(28(34)35)33-29(37)31-21-11-8-14-23(18-21)36-22-12-6-3-7-13-22/h2-18,27H,1H3,(H2,31,33,37). The average Bonchev–Trinajstić information content (AvgIpc) is 3.00. The first kappa shape index (κ1) is 24.5. The van der Waals surface area contributed by atoms with Gasteiger partial charge >= 0.3 is 0 Å². The molecule has 0 spiro atoms. The number of nitrogens with one attached hydrogen (secondary N) is 2. The molecule has 0 saturated heterocycles. The third kappa shape index (κ3) is 5.63. The quantitative estimate of drug-likeness (QED) is 0.300. The highest BCUT2D eigenvalue weighted by molar-refractivity contribution is 7.80. The van der Waals surface area contributed by atoms with Crippen LogP contribution in [0.25, 0.3) is 0 Å². The summed E-state index contributed by atoms with van der Waals surface area (Å²) in [5.74, 6) is 1.13. The number of amides is 1. The number of thiocarbonyl (C=S) groups is 1. The maximum atomic E-state index is 13.4. The molecule has 8 heteroatoms. The Bertz CT molecular complexity index is 1480. The number of ether oxygens (including phenoxy) is 1. The van der Waals surface area contributed by atoms with Crippen molar-refractivity contribution >= 4 is 51.9 Å². The van der Waals surface area contributed by atoms with Crippen molar-refractivity contribution < 1.29 is 9.53 Å². The van der Waals surface area contributed by atoms with E-state index < -0.39 is 6.17 Å². The Morgan fingerprint density at radius 2 is 1.62 bits per heavy atom. The second kappa shape index (κ2) is 10.8. The van der Waals surface area contributed by atoms with Crippen molar-refractivity contribution in [3.8, 4) is 11.5 Å². The summed E-state index contributed by atoms with van der Waals surface area (Å²) in [6.07, 6.45) is -0.949. The minimum absolute atomic E-state index is 0.250. The number of carbonyl (C=O) groups is 1. The van der Waals surface area contributed by atoms with Crippen LogP contribution in [0, 0.1) is 0 Å². The first-order valence-corrected chi connectivity index (χ1v) is 12.4. The number of rotatable bonds is 5. The van der Waals surface area contributed by atoms with Crippen LogP contribution < -0.4 is 20.3 Å². The lowest BCUT2D eigenvalue weighted by Gasteiger charge is -2.22. The molecule has 0 saturated carbocycles. The summed E-state index contributed by atoms with van der Waals surface area (Å²) in [6, 6.07) is 32.0. The molecule has 1 amide bonds. The zero-order chi connectivity index (χ0) is 25.8. The van der Waals surface area contributed by atoms with Crippen LogP contribution in [0.2, 0.25) is 5.02 Å². The fourth-order valence-corrected chi connectivity index (χ4v) is 4.42. The Kier molecular flexibility index (Phi) is 7.16. The van der Waals surface area contributed by atoms with E-state index in [0.29, 0.717) is 27.9 Å². The maximum Gasteiger partial charge on any atom is 0.272 e. The molecule has 1 atom stereocenters. The number of fused-ring (bicyclic) bond motifs is 1. The van der Waals surface area contributed by atoms with Crippen LogP contribution in [0.15, 0.2) is 108 Å². The molecule has 5 rings (SSSR count). The molecule has 2 N–H and O–H groups in total. The smallest absolute Gasteiger partial charge is 0.272 e. The van der Waals surface area contributed by atoms with Crippen molar-refractivity contribution in [3.05, 3.63) is 119 Å². The summed E-state index contributed by atoms with van der Waals surface area (Å²) >= 11 is 11.9. The van der Waals surface area contributed by atoms with Crippen LogP contribution in [-0.2, 0) is 4.79 Å². The van der Waals surface area contributed by atoms with Gasteiger partial charge in [-0.05, 0) is 54.7 Å². The number of carbonyl (C=O) groups excluding carboxylic acids is 1. The molecule has 1 aliphatic heterocycles. The molecule has 0 aliphatic carbocycles. The maximum absolute atomic E-state index is 13.4. The van der Waals surface area contributed by atoms with Gasteiger partial charge in [0.25, 0.3) is 5.91 Å². The van der Waals surface area contributed by atoms with E-state index in [1.165, 1.54) is 0 Å². The fraction of sp³-hybridized carbons (Fsp3) is 0.0690. The van der Waals surface area contributed by atoms with Crippen molar-refractivity contribution in [2.24, 2.45) is 4.99 Å². The van der Waals surface area contributed by atoms with Crippen LogP contribution in [0.1, 0.15) is 11.1 Å². The Balaban J connectivity index is 1.40. The van der Waals surface area contributed by atoms with Crippen molar-refractivity contribution in [3.63, 3.8) is 0 Å². The van der Waals surface area contributed by atoms with Crippen LogP contribution in [-0.4, -0.2) is 29.9 Å². The molecular weight excluding hydrogens is 504 g/mol. The van der Waals surface area contributed by atoms with E-state index >= 15 is 0 Å². The number of aliphatic imine (C=N–C) groups is 1. The second-order valence-electron chi connectivity index (χ2n) is 8.35. The highest BCUT2D eigenvalue weighted by atomic mass is 35.5. The zero-order valence-corrected chi connectivity index (χ0v) is 21.5. The summed E-state index contributed by atoms with van der Waals surface area (Å²) in [4.78, 5) is 19.8. The largest absolute Gasteiger partial charge is 0.457 e. The summed E-state index contributed by atoms with van der Waals surface area (Å²) in [6.45, 7) is 0. The van der Waals surface area contributed by atoms with Gasteiger partial charge in [-0.25, -0.2) is 4.99 Å². The van der Waals surface area contributed by atoms with Gasteiger partial charge in [-0.3, -0.25) is 4.79 Å². The third-order valence-electron chi connectivity index (χ3n) is 5.78. The average molecular weight is 527 g/mol. The predicted molar refractivity (Wildman–Crippen MR) is 153 cm³/mol. The van der Waals surface area contributed by atoms with Gasteiger partial charge in [0, 0.05) is 35.0 Å². The van der Waals surface area contributed by atoms with E-state index in [4.69, 9.17) is 33.5 Å².